The number of carboxylic acids is 1. The molecule has 1 saturated carbocycles. The van der Waals surface area contributed by atoms with Crippen LogP contribution in [0, 0.1) is 11.3 Å². The van der Waals surface area contributed by atoms with Crippen molar-refractivity contribution in [3.8, 4) is 5.75 Å². The summed E-state index contributed by atoms with van der Waals surface area (Å²) in [6.45, 7) is 1.39. The van der Waals surface area contributed by atoms with Crippen molar-refractivity contribution in [3.63, 3.8) is 0 Å². The number of likely N-dealkylation sites (tertiary alicyclic amines) is 1. The van der Waals surface area contributed by atoms with Crippen LogP contribution < -0.4 is 10.1 Å². The van der Waals surface area contributed by atoms with Crippen molar-refractivity contribution in [2.45, 2.75) is 19.3 Å². The molecule has 2 aliphatic rings. The van der Waals surface area contributed by atoms with Gasteiger partial charge < -0.3 is 15.2 Å². The molecule has 0 spiro atoms. The number of hydrogen-bond acceptors (Lipinski definition) is 4. The Morgan fingerprint density at radius 2 is 2.30 bits per heavy atom. The maximum absolute atomic E-state index is 12.2. The molecular weight excluding hydrogens is 296 g/mol. The Hall–Kier alpha value is -2.08. The number of carbonyl (C=O) groups is 2. The van der Waals surface area contributed by atoms with Gasteiger partial charge in [0, 0.05) is 24.8 Å². The minimum absolute atomic E-state index is 0.126. The van der Waals surface area contributed by atoms with Gasteiger partial charge in [-0.25, -0.2) is 0 Å². The Bertz CT molecular complexity index is 618. The number of carbonyl (C=O) groups excluding carboxylic acids is 1. The third-order valence-corrected chi connectivity index (χ3v) is 5.09. The predicted octanol–water partition coefficient (Wildman–Crippen LogP) is 1.82. The van der Waals surface area contributed by atoms with Crippen molar-refractivity contribution in [1.82, 2.24) is 4.90 Å². The van der Waals surface area contributed by atoms with E-state index in [1.165, 1.54) is 0 Å². The Morgan fingerprint density at radius 3 is 3.00 bits per heavy atom. The molecule has 1 aromatic carbocycles. The van der Waals surface area contributed by atoms with Crippen LogP contribution in [0.1, 0.15) is 19.3 Å². The molecule has 2 N–H and O–H groups in total. The number of fused-ring (bicyclic) bond motifs is 1. The van der Waals surface area contributed by atoms with E-state index in [0.717, 1.165) is 19.3 Å². The van der Waals surface area contributed by atoms with Crippen molar-refractivity contribution in [2.24, 2.45) is 11.3 Å². The first-order chi connectivity index (χ1) is 11.0. The lowest BCUT2D eigenvalue weighted by Gasteiger charge is -2.23. The Morgan fingerprint density at radius 1 is 1.48 bits per heavy atom. The molecule has 6 heteroatoms. The van der Waals surface area contributed by atoms with E-state index in [-0.39, 0.29) is 18.4 Å². The molecule has 1 heterocycles. The second kappa shape index (κ2) is 6.20. The molecule has 0 radical (unpaired) electrons. The molecule has 0 unspecified atom stereocenters. The zero-order valence-corrected chi connectivity index (χ0v) is 13.2. The number of methoxy groups -OCH3 is 1. The van der Waals surface area contributed by atoms with Crippen molar-refractivity contribution >= 4 is 17.6 Å². The number of nitrogens with one attached hydrogen (secondary N) is 1. The van der Waals surface area contributed by atoms with E-state index in [0.29, 0.717) is 24.5 Å². The van der Waals surface area contributed by atoms with Gasteiger partial charge in [0.15, 0.2) is 0 Å². The summed E-state index contributed by atoms with van der Waals surface area (Å²) in [5, 5.41) is 12.4. The summed E-state index contributed by atoms with van der Waals surface area (Å²) in [6, 6.07) is 7.19. The Kier molecular flexibility index (Phi) is 4.26. The predicted molar refractivity (Wildman–Crippen MR) is 85.5 cm³/mol. The molecule has 0 aromatic heterocycles. The van der Waals surface area contributed by atoms with Crippen LogP contribution in [-0.4, -0.2) is 48.6 Å². The third kappa shape index (κ3) is 3.03. The quantitative estimate of drug-likeness (QED) is 0.866. The lowest BCUT2D eigenvalue weighted by atomic mass is 9.81. The third-order valence-electron chi connectivity index (χ3n) is 5.09. The molecule has 1 saturated heterocycles. The number of rotatable bonds is 5. The standard InChI is InChI=1S/C17H22N2O4/c1-23-14-6-2-5-13(8-14)18-15(20)10-19-9-12-4-3-7-17(12,11-19)16(21)22/h2,5-6,8,12H,3-4,7,9-11H2,1H3,(H,18,20)(H,21,22)/t12-,17+/m0/s1. The van der Waals surface area contributed by atoms with Gasteiger partial charge in [-0.05, 0) is 30.9 Å². The second-order valence-corrected chi connectivity index (χ2v) is 6.50. The lowest BCUT2D eigenvalue weighted by molar-refractivity contribution is -0.149. The van der Waals surface area contributed by atoms with Gasteiger partial charge in [-0.2, -0.15) is 0 Å². The van der Waals surface area contributed by atoms with Crippen molar-refractivity contribution in [3.05, 3.63) is 24.3 Å². The van der Waals surface area contributed by atoms with Crippen LogP contribution in [0.15, 0.2) is 24.3 Å². The maximum Gasteiger partial charge on any atom is 0.311 e. The number of benzene rings is 1. The number of carboxylic acid groups (broad SMARTS) is 1. The van der Waals surface area contributed by atoms with Crippen LogP contribution in [0.3, 0.4) is 0 Å². The van der Waals surface area contributed by atoms with Gasteiger partial charge in [-0.15, -0.1) is 0 Å². The first-order valence-electron chi connectivity index (χ1n) is 7.93. The zero-order valence-electron chi connectivity index (χ0n) is 13.2. The summed E-state index contributed by atoms with van der Waals surface area (Å²) in [5.74, 6) is 0.0161. The SMILES string of the molecule is COc1cccc(NC(=O)CN2C[C@@H]3CCC[C@@]3(C(=O)O)C2)c1. The highest BCUT2D eigenvalue weighted by Gasteiger charge is 2.54. The van der Waals surface area contributed by atoms with Gasteiger partial charge in [-0.1, -0.05) is 12.5 Å². The summed E-state index contributed by atoms with van der Waals surface area (Å²) >= 11 is 0. The minimum atomic E-state index is -0.712. The van der Waals surface area contributed by atoms with E-state index in [1.54, 1.807) is 19.2 Å². The molecule has 1 amide bonds. The van der Waals surface area contributed by atoms with Crippen LogP contribution in [-0.2, 0) is 9.59 Å². The largest absolute Gasteiger partial charge is 0.497 e. The summed E-state index contributed by atoms with van der Waals surface area (Å²) in [5.41, 5.74) is 0.0395. The summed E-state index contributed by atoms with van der Waals surface area (Å²) in [6.07, 6.45) is 2.64. The van der Waals surface area contributed by atoms with Crippen molar-refractivity contribution in [2.75, 3.05) is 32.1 Å². The van der Waals surface area contributed by atoms with Gasteiger partial charge in [0.05, 0.1) is 19.1 Å². The number of hydrogen-bond donors (Lipinski definition) is 2. The van der Waals surface area contributed by atoms with Gasteiger partial charge in [0.2, 0.25) is 5.91 Å². The van der Waals surface area contributed by atoms with Crippen LogP contribution in [0.2, 0.25) is 0 Å². The van der Waals surface area contributed by atoms with Crippen molar-refractivity contribution in [1.29, 1.82) is 0 Å². The first-order valence-corrected chi connectivity index (χ1v) is 7.93. The van der Waals surface area contributed by atoms with Crippen molar-refractivity contribution < 1.29 is 19.4 Å². The van der Waals surface area contributed by atoms with E-state index >= 15 is 0 Å². The molecule has 1 aliphatic carbocycles. The fraction of sp³-hybridized carbons (Fsp3) is 0.529. The molecular formula is C17H22N2O4. The molecule has 23 heavy (non-hydrogen) atoms. The summed E-state index contributed by atoms with van der Waals surface area (Å²) < 4.78 is 5.13. The molecule has 2 atom stereocenters. The highest BCUT2D eigenvalue weighted by molar-refractivity contribution is 5.92. The molecule has 1 aromatic rings. The number of aliphatic carboxylic acids is 1. The lowest BCUT2D eigenvalue weighted by Crippen LogP contribution is -2.37. The first kappa shape index (κ1) is 15.8. The molecule has 3 rings (SSSR count). The van der Waals surface area contributed by atoms with Crippen LogP contribution in [0.25, 0.3) is 0 Å². The molecule has 1 aliphatic heterocycles. The average Bonchev–Trinajstić information content (AvgIpc) is 3.05. The zero-order chi connectivity index (χ0) is 16.4. The van der Waals surface area contributed by atoms with Gasteiger partial charge in [0.1, 0.15) is 5.75 Å². The number of ether oxygens (including phenoxy) is 1. The summed E-state index contributed by atoms with van der Waals surface area (Å²) in [7, 11) is 1.58. The van der Waals surface area contributed by atoms with E-state index in [1.807, 2.05) is 17.0 Å². The Balaban J connectivity index is 1.60. The highest BCUT2D eigenvalue weighted by Crippen LogP contribution is 2.48. The fourth-order valence-corrected chi connectivity index (χ4v) is 3.97. The smallest absolute Gasteiger partial charge is 0.311 e. The van der Waals surface area contributed by atoms with Crippen LogP contribution in [0.4, 0.5) is 5.69 Å². The average molecular weight is 318 g/mol. The van der Waals surface area contributed by atoms with E-state index < -0.39 is 11.4 Å². The molecule has 124 valence electrons. The summed E-state index contributed by atoms with van der Waals surface area (Å²) in [4.78, 5) is 25.8. The van der Waals surface area contributed by atoms with Crippen LogP contribution in [0.5, 0.6) is 5.75 Å². The molecule has 0 bridgehead atoms. The minimum Gasteiger partial charge on any atom is -0.497 e. The molecule has 6 nitrogen and oxygen atoms in total. The Labute approximate surface area is 135 Å². The van der Waals surface area contributed by atoms with E-state index in [4.69, 9.17) is 4.74 Å². The maximum atomic E-state index is 12.2. The van der Waals surface area contributed by atoms with Gasteiger partial charge >= 0.3 is 5.97 Å². The monoisotopic (exact) mass is 318 g/mol. The van der Waals surface area contributed by atoms with Gasteiger partial charge in [-0.3, -0.25) is 14.5 Å². The second-order valence-electron chi connectivity index (χ2n) is 6.50. The highest BCUT2D eigenvalue weighted by atomic mass is 16.5. The topological polar surface area (TPSA) is 78.9 Å². The van der Waals surface area contributed by atoms with Crippen LogP contribution >= 0.6 is 0 Å². The van der Waals surface area contributed by atoms with Gasteiger partial charge in [0.25, 0.3) is 0 Å². The fourth-order valence-electron chi connectivity index (χ4n) is 3.97. The van der Waals surface area contributed by atoms with E-state index in [9.17, 15) is 14.7 Å². The molecule has 2 fully saturated rings. The number of amides is 1. The number of anilines is 1. The van der Waals surface area contributed by atoms with E-state index in [2.05, 4.69) is 5.32 Å². The number of nitrogens with zero attached hydrogens (tertiary/aromatic N) is 1. The normalized spacial score (nSPS) is 26.7.